The molecule has 0 aliphatic carbocycles. The van der Waals surface area contributed by atoms with Gasteiger partial charge in [0.1, 0.15) is 11.6 Å². The van der Waals surface area contributed by atoms with Gasteiger partial charge in [0.15, 0.2) is 0 Å². The van der Waals surface area contributed by atoms with Gasteiger partial charge in [-0.05, 0) is 61.6 Å². The third-order valence-electron chi connectivity index (χ3n) is 5.95. The molecule has 0 bridgehead atoms. The van der Waals surface area contributed by atoms with Gasteiger partial charge in [-0.15, -0.1) is 0 Å². The average Bonchev–Trinajstić information content (AvgIpc) is 3.28. The molecule has 2 saturated heterocycles. The number of benzene rings is 1. The zero-order chi connectivity index (χ0) is 22.3. The molecular formula is C23H29FN6O2. The van der Waals surface area contributed by atoms with Crippen molar-refractivity contribution in [1.29, 1.82) is 0 Å². The van der Waals surface area contributed by atoms with Crippen LogP contribution in [-0.2, 0) is 0 Å². The molecule has 0 radical (unpaired) electrons. The third-order valence-corrected chi connectivity index (χ3v) is 5.95. The maximum absolute atomic E-state index is 13.0. The van der Waals surface area contributed by atoms with Crippen molar-refractivity contribution in [2.45, 2.75) is 25.3 Å². The molecule has 1 aromatic carbocycles. The van der Waals surface area contributed by atoms with Crippen molar-refractivity contribution < 1.29 is 14.0 Å². The van der Waals surface area contributed by atoms with E-state index in [1.165, 1.54) is 24.3 Å². The fraction of sp³-hybridized carbons (Fsp3) is 0.435. The van der Waals surface area contributed by atoms with E-state index in [1.54, 1.807) is 6.20 Å². The number of piperidine rings is 1. The molecule has 32 heavy (non-hydrogen) atoms. The van der Waals surface area contributed by atoms with Crippen LogP contribution in [0.3, 0.4) is 0 Å². The highest BCUT2D eigenvalue weighted by Gasteiger charge is 2.29. The summed E-state index contributed by atoms with van der Waals surface area (Å²) in [7, 11) is 0. The maximum atomic E-state index is 13.0. The van der Waals surface area contributed by atoms with Gasteiger partial charge in [-0.1, -0.05) is 6.07 Å². The maximum Gasteiger partial charge on any atom is 0.319 e. The van der Waals surface area contributed by atoms with Crippen LogP contribution in [0.1, 0.15) is 19.3 Å². The number of nitrogens with one attached hydrogen (secondary N) is 3. The minimum absolute atomic E-state index is 0.0432. The van der Waals surface area contributed by atoms with E-state index in [0.29, 0.717) is 18.8 Å². The number of anilines is 2. The average molecular weight is 441 g/mol. The van der Waals surface area contributed by atoms with Crippen molar-refractivity contribution in [1.82, 2.24) is 20.5 Å². The summed E-state index contributed by atoms with van der Waals surface area (Å²) in [4.78, 5) is 33.3. The lowest BCUT2D eigenvalue weighted by Crippen LogP contribution is -2.50. The highest BCUT2D eigenvalue weighted by molar-refractivity contribution is 5.89. The van der Waals surface area contributed by atoms with Gasteiger partial charge in [0, 0.05) is 50.6 Å². The Morgan fingerprint density at radius 2 is 1.91 bits per heavy atom. The van der Waals surface area contributed by atoms with Gasteiger partial charge < -0.3 is 25.8 Å². The highest BCUT2D eigenvalue weighted by atomic mass is 19.1. The normalized spacial score (nSPS) is 20.7. The molecule has 0 spiro atoms. The monoisotopic (exact) mass is 440 g/mol. The van der Waals surface area contributed by atoms with Crippen LogP contribution in [0.2, 0.25) is 0 Å². The molecule has 2 fully saturated rings. The number of amides is 4. The molecule has 9 heteroatoms. The number of aromatic nitrogens is 1. The first-order valence-corrected chi connectivity index (χ1v) is 11.1. The number of carbonyl (C=O) groups excluding carboxylic acids is 2. The molecule has 2 atom stereocenters. The zero-order valence-electron chi connectivity index (χ0n) is 18.0. The van der Waals surface area contributed by atoms with Crippen molar-refractivity contribution in [3.8, 4) is 0 Å². The standard InChI is InChI=1S/C23H29FN6O2/c24-18-6-8-19(9-7-18)27-22(31)26-14-17-4-3-12-30(15-17)23(32)28-20-10-13-29(16-20)21-5-1-2-11-25-21/h1-2,5-9,11,17,20H,3-4,10,12-16H2,(H,28,32)(H2,26,27,31). The molecule has 4 rings (SSSR count). The van der Waals surface area contributed by atoms with Gasteiger partial charge in [0.05, 0.1) is 0 Å². The summed E-state index contributed by atoms with van der Waals surface area (Å²) < 4.78 is 13.0. The van der Waals surface area contributed by atoms with Crippen LogP contribution in [0.5, 0.6) is 0 Å². The molecular weight excluding hydrogens is 411 g/mol. The van der Waals surface area contributed by atoms with Gasteiger partial charge in [0.25, 0.3) is 0 Å². The Kier molecular flexibility index (Phi) is 7.03. The predicted molar refractivity (Wildman–Crippen MR) is 121 cm³/mol. The van der Waals surface area contributed by atoms with Gasteiger partial charge >= 0.3 is 12.1 Å². The Hall–Kier alpha value is -3.36. The summed E-state index contributed by atoms with van der Waals surface area (Å²) in [6.07, 6.45) is 4.54. The largest absolute Gasteiger partial charge is 0.354 e. The third kappa shape index (κ3) is 5.87. The van der Waals surface area contributed by atoms with Crippen molar-refractivity contribution in [3.63, 3.8) is 0 Å². The van der Waals surface area contributed by atoms with Crippen LogP contribution >= 0.6 is 0 Å². The molecule has 4 amide bonds. The molecule has 2 aliphatic heterocycles. The Morgan fingerprint density at radius 3 is 2.69 bits per heavy atom. The van der Waals surface area contributed by atoms with Gasteiger partial charge in [-0.2, -0.15) is 0 Å². The molecule has 8 nitrogen and oxygen atoms in total. The number of carbonyl (C=O) groups is 2. The number of nitrogens with zero attached hydrogens (tertiary/aromatic N) is 3. The quantitative estimate of drug-likeness (QED) is 0.667. The fourth-order valence-corrected chi connectivity index (χ4v) is 4.25. The molecule has 170 valence electrons. The summed E-state index contributed by atoms with van der Waals surface area (Å²) in [5.41, 5.74) is 0.532. The lowest BCUT2D eigenvalue weighted by Gasteiger charge is -2.33. The molecule has 2 aromatic rings. The topological polar surface area (TPSA) is 89.6 Å². The van der Waals surface area contributed by atoms with Crippen LogP contribution in [0.4, 0.5) is 25.5 Å². The summed E-state index contributed by atoms with van der Waals surface area (Å²) >= 11 is 0. The van der Waals surface area contributed by atoms with Crippen molar-refractivity contribution in [2.75, 3.05) is 42.9 Å². The van der Waals surface area contributed by atoms with E-state index >= 15 is 0 Å². The number of hydrogen-bond donors (Lipinski definition) is 3. The van der Waals surface area contributed by atoms with E-state index in [2.05, 4.69) is 25.8 Å². The SMILES string of the molecule is O=C(NCC1CCCN(C(=O)NC2CCN(c3ccccn3)C2)C1)Nc1ccc(F)cc1. The molecule has 2 aliphatic rings. The number of pyridine rings is 1. The van der Waals surface area contributed by atoms with E-state index in [4.69, 9.17) is 0 Å². The number of rotatable bonds is 5. The Labute approximate surface area is 187 Å². The van der Waals surface area contributed by atoms with Crippen molar-refractivity contribution in [3.05, 3.63) is 54.5 Å². The van der Waals surface area contributed by atoms with Gasteiger partial charge in [-0.3, -0.25) is 0 Å². The Morgan fingerprint density at radius 1 is 1.06 bits per heavy atom. The molecule has 1 aromatic heterocycles. The summed E-state index contributed by atoms with van der Waals surface area (Å²) in [5, 5.41) is 8.70. The Bertz CT molecular complexity index is 910. The minimum atomic E-state index is -0.349. The molecule has 3 N–H and O–H groups in total. The zero-order valence-corrected chi connectivity index (χ0v) is 18.0. The summed E-state index contributed by atoms with van der Waals surface area (Å²) in [6, 6.07) is 11.2. The van der Waals surface area contributed by atoms with Crippen LogP contribution in [0.25, 0.3) is 0 Å². The molecule has 2 unspecified atom stereocenters. The second-order valence-corrected chi connectivity index (χ2v) is 8.37. The van der Waals surface area contributed by atoms with Gasteiger partial charge in [-0.25, -0.2) is 19.0 Å². The summed E-state index contributed by atoms with van der Waals surface area (Å²) in [6.45, 7) is 3.44. The number of hydrogen-bond acceptors (Lipinski definition) is 4. The molecule has 0 saturated carbocycles. The second kappa shape index (κ2) is 10.3. The smallest absolute Gasteiger partial charge is 0.319 e. The number of halogens is 1. The highest BCUT2D eigenvalue weighted by Crippen LogP contribution is 2.19. The van der Waals surface area contributed by atoms with E-state index < -0.39 is 0 Å². The van der Waals surface area contributed by atoms with E-state index in [0.717, 1.165) is 44.7 Å². The summed E-state index contributed by atoms with van der Waals surface area (Å²) in [5.74, 6) is 0.785. The van der Waals surface area contributed by atoms with E-state index in [-0.39, 0.29) is 29.8 Å². The lowest BCUT2D eigenvalue weighted by atomic mass is 9.98. The van der Waals surface area contributed by atoms with E-state index in [1.807, 2.05) is 23.1 Å². The van der Waals surface area contributed by atoms with Crippen LogP contribution in [-0.4, -0.2) is 60.7 Å². The first kappa shape index (κ1) is 21.9. The van der Waals surface area contributed by atoms with Crippen LogP contribution in [0, 0.1) is 11.7 Å². The predicted octanol–water partition coefficient (Wildman–Crippen LogP) is 3.04. The van der Waals surface area contributed by atoms with E-state index in [9.17, 15) is 14.0 Å². The second-order valence-electron chi connectivity index (χ2n) is 8.37. The van der Waals surface area contributed by atoms with Crippen molar-refractivity contribution in [2.24, 2.45) is 5.92 Å². The lowest BCUT2D eigenvalue weighted by molar-refractivity contribution is 0.162. The number of likely N-dealkylation sites (tertiary alicyclic amines) is 1. The van der Waals surface area contributed by atoms with Crippen LogP contribution in [0.15, 0.2) is 48.7 Å². The first-order valence-electron chi connectivity index (χ1n) is 11.1. The molecule has 3 heterocycles. The minimum Gasteiger partial charge on any atom is -0.354 e. The van der Waals surface area contributed by atoms with Crippen LogP contribution < -0.4 is 20.9 Å². The van der Waals surface area contributed by atoms with Gasteiger partial charge in [0.2, 0.25) is 0 Å². The number of urea groups is 2. The first-order chi connectivity index (χ1) is 15.6. The van der Waals surface area contributed by atoms with Crippen molar-refractivity contribution >= 4 is 23.6 Å². The Balaban J connectivity index is 1.20. The fourth-order valence-electron chi connectivity index (χ4n) is 4.25.